The molecule has 40 heavy (non-hydrogen) atoms. The number of rotatable bonds is 13. The summed E-state index contributed by atoms with van der Waals surface area (Å²) in [6.45, 7) is 3.83. The lowest BCUT2D eigenvalue weighted by Gasteiger charge is -2.13. The molecule has 206 valence electrons. The first-order valence-electron chi connectivity index (χ1n) is 13.5. The maximum atomic E-state index is 12.6. The molecule has 1 heterocycles. The van der Waals surface area contributed by atoms with E-state index in [-0.39, 0.29) is 18.6 Å². The average molecular weight is 555 g/mol. The fraction of sp³-hybridized carbons (Fsp3) is 0.242. The summed E-state index contributed by atoms with van der Waals surface area (Å²) in [5.74, 6) is -0.657. The zero-order valence-corrected chi connectivity index (χ0v) is 23.6. The summed E-state index contributed by atoms with van der Waals surface area (Å²) >= 11 is 1.55. The van der Waals surface area contributed by atoms with Crippen LogP contribution < -0.4 is 10.1 Å². The molecule has 0 spiro atoms. The number of nitrogens with one attached hydrogen (secondary N) is 1. The number of aryl methyl sites for hydroxylation is 1. The molecule has 7 heteroatoms. The summed E-state index contributed by atoms with van der Waals surface area (Å²) in [7, 11) is 0. The number of aliphatic carboxylic acids is 1. The minimum atomic E-state index is -1.02. The molecule has 0 aliphatic rings. The van der Waals surface area contributed by atoms with Gasteiger partial charge in [-0.05, 0) is 72.4 Å². The van der Waals surface area contributed by atoms with Gasteiger partial charge in [0.25, 0.3) is 0 Å². The predicted molar refractivity (Wildman–Crippen MR) is 161 cm³/mol. The van der Waals surface area contributed by atoms with Gasteiger partial charge in [0.1, 0.15) is 5.75 Å². The molecule has 0 radical (unpaired) electrons. The Balaban J connectivity index is 1.34. The Morgan fingerprint density at radius 1 is 0.975 bits per heavy atom. The second-order valence-corrected chi connectivity index (χ2v) is 10.5. The lowest BCUT2D eigenvalue weighted by Crippen LogP contribution is -2.24. The highest BCUT2D eigenvalue weighted by Gasteiger charge is 2.12. The van der Waals surface area contributed by atoms with Gasteiger partial charge in [0.2, 0.25) is 5.91 Å². The number of carboxylic acids is 1. The third-order valence-electron chi connectivity index (χ3n) is 6.57. The molecule has 6 nitrogen and oxygen atoms in total. The highest BCUT2D eigenvalue weighted by Crippen LogP contribution is 2.35. The largest absolute Gasteiger partial charge is 0.482 e. The van der Waals surface area contributed by atoms with E-state index >= 15 is 0 Å². The van der Waals surface area contributed by atoms with E-state index in [0.717, 1.165) is 39.2 Å². The van der Waals surface area contributed by atoms with Crippen LogP contribution in [-0.4, -0.2) is 28.6 Å². The summed E-state index contributed by atoms with van der Waals surface area (Å²) in [6, 6.07) is 23.7. The van der Waals surface area contributed by atoms with E-state index in [4.69, 9.17) is 9.84 Å². The maximum Gasteiger partial charge on any atom is 0.341 e. The third kappa shape index (κ3) is 8.13. The van der Waals surface area contributed by atoms with Crippen molar-refractivity contribution in [2.45, 2.75) is 45.6 Å². The molecule has 1 amide bonds. The highest BCUT2D eigenvalue weighted by molar-refractivity contribution is 7.13. The normalized spacial score (nSPS) is 11.8. The van der Waals surface area contributed by atoms with Crippen molar-refractivity contribution in [3.8, 4) is 27.4 Å². The minimum Gasteiger partial charge on any atom is -0.482 e. The van der Waals surface area contributed by atoms with Crippen LogP contribution in [-0.2, 0) is 16.0 Å². The molecule has 4 rings (SSSR count). The van der Waals surface area contributed by atoms with Crippen LogP contribution in [0.2, 0.25) is 0 Å². The van der Waals surface area contributed by atoms with E-state index in [2.05, 4.69) is 41.5 Å². The Bertz CT molecular complexity index is 1420. The number of unbranched alkanes of at least 4 members (excludes halogenated alkanes) is 2. The summed E-state index contributed by atoms with van der Waals surface area (Å²) in [4.78, 5) is 28.8. The topological polar surface area (TPSA) is 88.5 Å². The standard InChI is InChI=1S/C33H34N2O4S/c1-3-4-5-6-24-7-12-26(13-8-24)23(2)35-30(36)20-11-25-9-14-28(15-10-25)33-32(34-22-40-33)27-16-18-29(19-17-27)39-21-31(37)38/h7-20,22-23H,3-6,21H2,1-2H3,(H,35,36)(H,37,38). The molecule has 0 saturated heterocycles. The monoisotopic (exact) mass is 554 g/mol. The lowest BCUT2D eigenvalue weighted by atomic mass is 10.0. The van der Waals surface area contributed by atoms with Crippen LogP contribution in [0, 0.1) is 0 Å². The smallest absolute Gasteiger partial charge is 0.341 e. The van der Waals surface area contributed by atoms with Gasteiger partial charge in [-0.2, -0.15) is 0 Å². The lowest BCUT2D eigenvalue weighted by molar-refractivity contribution is -0.139. The first-order chi connectivity index (χ1) is 19.4. The van der Waals surface area contributed by atoms with Crippen molar-refractivity contribution in [2.24, 2.45) is 0 Å². The zero-order chi connectivity index (χ0) is 28.3. The minimum absolute atomic E-state index is 0.0771. The number of carboxylic acid groups (broad SMARTS) is 1. The second kappa shape index (κ2) is 14.2. The molecule has 0 saturated carbocycles. The zero-order valence-electron chi connectivity index (χ0n) is 22.8. The number of nitrogens with zero attached hydrogens (tertiary/aromatic N) is 1. The Morgan fingerprint density at radius 2 is 1.68 bits per heavy atom. The summed E-state index contributed by atoms with van der Waals surface area (Å²) in [6.07, 6.45) is 8.15. The number of hydrogen-bond acceptors (Lipinski definition) is 5. The molecule has 0 fully saturated rings. The Morgan fingerprint density at radius 3 is 2.35 bits per heavy atom. The second-order valence-electron chi connectivity index (χ2n) is 9.62. The fourth-order valence-electron chi connectivity index (χ4n) is 4.33. The molecule has 0 aliphatic heterocycles. The van der Waals surface area contributed by atoms with E-state index in [9.17, 15) is 9.59 Å². The van der Waals surface area contributed by atoms with E-state index < -0.39 is 5.97 Å². The first-order valence-corrected chi connectivity index (χ1v) is 14.4. The summed E-state index contributed by atoms with van der Waals surface area (Å²) in [5.41, 5.74) is 7.95. The highest BCUT2D eigenvalue weighted by atomic mass is 32.1. The quantitative estimate of drug-likeness (QED) is 0.131. The predicted octanol–water partition coefficient (Wildman–Crippen LogP) is 7.56. The van der Waals surface area contributed by atoms with Crippen LogP contribution >= 0.6 is 11.3 Å². The van der Waals surface area contributed by atoms with Crippen LogP contribution in [0.1, 0.15) is 55.8 Å². The van der Waals surface area contributed by atoms with Crippen LogP contribution in [0.15, 0.2) is 84.4 Å². The molecular formula is C33H34N2O4S. The van der Waals surface area contributed by atoms with Gasteiger partial charge in [0.05, 0.1) is 22.1 Å². The molecule has 3 aromatic carbocycles. The number of hydrogen-bond donors (Lipinski definition) is 2. The Hall–Kier alpha value is -4.23. The number of aromatic nitrogens is 1. The van der Waals surface area contributed by atoms with Gasteiger partial charge in [-0.15, -0.1) is 11.3 Å². The molecule has 2 N–H and O–H groups in total. The molecule has 1 atom stereocenters. The molecule has 1 aromatic heterocycles. The van der Waals surface area contributed by atoms with Crippen molar-refractivity contribution in [3.63, 3.8) is 0 Å². The first kappa shape index (κ1) is 28.8. The number of amides is 1. The van der Waals surface area contributed by atoms with Gasteiger partial charge < -0.3 is 15.2 Å². The number of thiazole rings is 1. The molecule has 0 aliphatic carbocycles. The van der Waals surface area contributed by atoms with E-state index in [1.165, 1.54) is 24.8 Å². The van der Waals surface area contributed by atoms with Gasteiger partial charge in [-0.3, -0.25) is 4.79 Å². The molecule has 0 bridgehead atoms. The van der Waals surface area contributed by atoms with Gasteiger partial charge >= 0.3 is 5.97 Å². The summed E-state index contributed by atoms with van der Waals surface area (Å²) in [5, 5.41) is 11.8. The fourth-order valence-corrected chi connectivity index (χ4v) is 5.14. The average Bonchev–Trinajstić information content (AvgIpc) is 3.46. The van der Waals surface area contributed by atoms with Crippen molar-refractivity contribution in [2.75, 3.05) is 6.61 Å². The van der Waals surface area contributed by atoms with Crippen molar-refractivity contribution < 1.29 is 19.4 Å². The maximum absolute atomic E-state index is 12.6. The van der Waals surface area contributed by atoms with Crippen LogP contribution in [0.3, 0.4) is 0 Å². The third-order valence-corrected chi connectivity index (χ3v) is 7.44. The number of benzene rings is 3. The van der Waals surface area contributed by atoms with Crippen molar-refractivity contribution in [1.82, 2.24) is 10.3 Å². The Kier molecular flexibility index (Phi) is 10.2. The van der Waals surface area contributed by atoms with Crippen molar-refractivity contribution in [3.05, 3.63) is 101 Å². The summed E-state index contributed by atoms with van der Waals surface area (Å²) < 4.78 is 5.22. The van der Waals surface area contributed by atoms with E-state index in [1.807, 2.05) is 49.4 Å². The molecular weight excluding hydrogens is 520 g/mol. The van der Waals surface area contributed by atoms with E-state index in [0.29, 0.717) is 5.75 Å². The van der Waals surface area contributed by atoms with Gasteiger partial charge in [0, 0.05) is 11.6 Å². The van der Waals surface area contributed by atoms with Gasteiger partial charge in [-0.1, -0.05) is 68.3 Å². The number of ether oxygens (including phenoxy) is 1. The SMILES string of the molecule is CCCCCc1ccc(C(C)NC(=O)C=Cc2ccc(-c3scnc3-c3ccc(OCC(=O)O)cc3)cc2)cc1. The van der Waals surface area contributed by atoms with Crippen molar-refractivity contribution >= 4 is 29.3 Å². The number of carbonyl (C=O) groups is 2. The van der Waals surface area contributed by atoms with Crippen LogP contribution in [0.4, 0.5) is 0 Å². The van der Waals surface area contributed by atoms with Crippen LogP contribution in [0.5, 0.6) is 5.75 Å². The van der Waals surface area contributed by atoms with Crippen molar-refractivity contribution in [1.29, 1.82) is 0 Å². The van der Waals surface area contributed by atoms with Gasteiger partial charge in [0.15, 0.2) is 6.61 Å². The molecule has 1 unspecified atom stereocenters. The molecule has 4 aromatic rings. The number of carbonyl (C=O) groups excluding carboxylic acids is 1. The van der Waals surface area contributed by atoms with Gasteiger partial charge in [-0.25, -0.2) is 9.78 Å². The van der Waals surface area contributed by atoms with Crippen LogP contribution in [0.25, 0.3) is 27.8 Å². The Labute approximate surface area is 239 Å². The van der Waals surface area contributed by atoms with E-state index in [1.54, 1.807) is 35.1 Å².